The second kappa shape index (κ2) is 7.12. The van der Waals surface area contributed by atoms with E-state index in [2.05, 4.69) is 38.3 Å². The Bertz CT molecular complexity index is 468. The zero-order valence-electron chi connectivity index (χ0n) is 12.8. The van der Waals surface area contributed by atoms with Crippen molar-refractivity contribution in [1.29, 1.82) is 0 Å². The minimum absolute atomic E-state index is 0.527. The van der Waals surface area contributed by atoms with Crippen molar-refractivity contribution in [2.45, 2.75) is 31.7 Å². The zero-order valence-corrected chi connectivity index (χ0v) is 14.4. The van der Waals surface area contributed by atoms with Gasteiger partial charge >= 0.3 is 0 Å². The molecule has 4 heteroatoms. The number of benzene rings is 1. The summed E-state index contributed by atoms with van der Waals surface area (Å²) >= 11 is 3.78. The molecule has 0 aromatic heterocycles. The molecule has 0 unspecified atom stereocenters. The van der Waals surface area contributed by atoms with Gasteiger partial charge in [0.25, 0.3) is 0 Å². The Kier molecular flexibility index (Phi) is 5.19. The number of nitrogens with one attached hydrogen (secondary N) is 1. The number of nitrogens with zero attached hydrogens (tertiary/aromatic N) is 1. The second-order valence-electron chi connectivity index (χ2n) is 6.16. The Morgan fingerprint density at radius 2 is 1.95 bits per heavy atom. The molecule has 0 spiro atoms. The first-order valence-corrected chi connectivity index (χ1v) is 8.87. The lowest BCUT2D eigenvalue weighted by Crippen LogP contribution is -2.46. The lowest BCUT2D eigenvalue weighted by atomic mass is 9.89. The first-order chi connectivity index (χ1) is 10.3. The van der Waals surface area contributed by atoms with Gasteiger partial charge < -0.3 is 10.1 Å². The molecule has 1 N–H and O–H groups in total. The van der Waals surface area contributed by atoms with Gasteiger partial charge in [0, 0.05) is 36.7 Å². The molecule has 1 aliphatic carbocycles. The fourth-order valence-electron chi connectivity index (χ4n) is 3.86. The monoisotopic (exact) mass is 352 g/mol. The van der Waals surface area contributed by atoms with Crippen LogP contribution in [0.5, 0.6) is 5.75 Å². The average Bonchev–Trinajstić information content (AvgIpc) is 3.04. The van der Waals surface area contributed by atoms with Gasteiger partial charge in [-0.15, -0.1) is 0 Å². The summed E-state index contributed by atoms with van der Waals surface area (Å²) < 4.78 is 6.68. The summed E-state index contributed by atoms with van der Waals surface area (Å²) in [6.45, 7) is 4.49. The third-order valence-electron chi connectivity index (χ3n) is 4.91. The van der Waals surface area contributed by atoms with Gasteiger partial charge in [-0.3, -0.25) is 4.90 Å². The van der Waals surface area contributed by atoms with E-state index in [9.17, 15) is 0 Å². The van der Waals surface area contributed by atoms with Crippen LogP contribution in [-0.2, 0) is 0 Å². The summed E-state index contributed by atoms with van der Waals surface area (Å²) in [6.07, 6.45) is 5.49. The van der Waals surface area contributed by atoms with Gasteiger partial charge in [-0.2, -0.15) is 0 Å². The molecule has 1 saturated carbocycles. The molecule has 1 atom stereocenters. The summed E-state index contributed by atoms with van der Waals surface area (Å²) in [7, 11) is 1.75. The highest BCUT2D eigenvalue weighted by Crippen LogP contribution is 2.42. The van der Waals surface area contributed by atoms with Crippen LogP contribution in [0.1, 0.15) is 37.3 Å². The van der Waals surface area contributed by atoms with Crippen molar-refractivity contribution in [3.05, 3.63) is 28.2 Å². The van der Waals surface area contributed by atoms with Crippen LogP contribution in [0.4, 0.5) is 0 Å². The van der Waals surface area contributed by atoms with Gasteiger partial charge in [0.1, 0.15) is 5.75 Å². The van der Waals surface area contributed by atoms with Crippen molar-refractivity contribution in [2.75, 3.05) is 33.3 Å². The second-order valence-corrected chi connectivity index (χ2v) is 7.02. The normalized spacial score (nSPS) is 22.4. The van der Waals surface area contributed by atoms with Gasteiger partial charge in [-0.1, -0.05) is 28.8 Å². The quantitative estimate of drug-likeness (QED) is 0.895. The highest BCUT2D eigenvalue weighted by molar-refractivity contribution is 9.10. The minimum atomic E-state index is 0.527. The number of piperazine rings is 1. The van der Waals surface area contributed by atoms with E-state index in [1.54, 1.807) is 7.11 Å². The van der Waals surface area contributed by atoms with Gasteiger partial charge in [-0.05, 0) is 42.5 Å². The van der Waals surface area contributed by atoms with Crippen LogP contribution in [0.2, 0.25) is 0 Å². The molecular weight excluding hydrogens is 328 g/mol. The van der Waals surface area contributed by atoms with Crippen LogP contribution in [0, 0.1) is 5.92 Å². The van der Waals surface area contributed by atoms with E-state index < -0.39 is 0 Å². The van der Waals surface area contributed by atoms with Gasteiger partial charge in [0.2, 0.25) is 0 Å². The fraction of sp³-hybridized carbons (Fsp3) is 0.647. The molecule has 1 heterocycles. The molecular formula is C17H25BrN2O. The van der Waals surface area contributed by atoms with Crippen molar-refractivity contribution in [3.8, 4) is 5.75 Å². The molecule has 1 aliphatic heterocycles. The molecule has 0 bridgehead atoms. The lowest BCUT2D eigenvalue weighted by molar-refractivity contribution is 0.125. The highest BCUT2D eigenvalue weighted by atomic mass is 79.9. The molecule has 0 radical (unpaired) electrons. The molecule has 3 nitrogen and oxygen atoms in total. The van der Waals surface area contributed by atoms with Crippen LogP contribution in [0.15, 0.2) is 22.7 Å². The third kappa shape index (κ3) is 3.43. The van der Waals surface area contributed by atoms with Crippen molar-refractivity contribution >= 4 is 15.9 Å². The maximum absolute atomic E-state index is 5.46. The van der Waals surface area contributed by atoms with Crippen molar-refractivity contribution in [1.82, 2.24) is 10.2 Å². The van der Waals surface area contributed by atoms with E-state index in [-0.39, 0.29) is 0 Å². The Hall–Kier alpha value is -0.580. The Morgan fingerprint density at radius 1 is 1.24 bits per heavy atom. The van der Waals surface area contributed by atoms with Crippen molar-refractivity contribution in [2.24, 2.45) is 5.92 Å². The number of methoxy groups -OCH3 is 1. The van der Waals surface area contributed by atoms with Crippen molar-refractivity contribution < 1.29 is 4.74 Å². The molecule has 2 aliphatic rings. The molecule has 116 valence electrons. The number of hydrogen-bond donors (Lipinski definition) is 1. The zero-order chi connectivity index (χ0) is 14.7. The molecule has 1 aromatic rings. The number of ether oxygens (including phenoxy) is 1. The van der Waals surface area contributed by atoms with Crippen LogP contribution >= 0.6 is 15.9 Å². The van der Waals surface area contributed by atoms with Gasteiger partial charge in [-0.25, -0.2) is 0 Å². The SMILES string of the molecule is COc1ccc(Br)c([C@@H](C2CCCC2)N2CCNCC2)c1. The number of halogens is 1. The average molecular weight is 353 g/mol. The van der Waals surface area contributed by atoms with E-state index in [0.29, 0.717) is 6.04 Å². The maximum atomic E-state index is 5.46. The standard InChI is InChI=1S/C17H25BrN2O/c1-21-14-6-7-16(18)15(12-14)17(13-4-2-3-5-13)20-10-8-19-9-11-20/h6-7,12-13,17,19H,2-5,8-11H2,1H3/t17-/m1/s1. The van der Waals surface area contributed by atoms with Gasteiger partial charge in [0.15, 0.2) is 0 Å². The largest absolute Gasteiger partial charge is 0.497 e. The van der Waals surface area contributed by atoms with Gasteiger partial charge in [0.05, 0.1) is 7.11 Å². The molecule has 3 rings (SSSR count). The number of hydrogen-bond acceptors (Lipinski definition) is 3. The number of rotatable bonds is 4. The summed E-state index contributed by atoms with van der Waals surface area (Å²) in [5.41, 5.74) is 1.41. The molecule has 0 amide bonds. The molecule has 21 heavy (non-hydrogen) atoms. The molecule has 1 aromatic carbocycles. The van der Waals surface area contributed by atoms with Crippen LogP contribution < -0.4 is 10.1 Å². The Balaban J connectivity index is 1.93. The van der Waals surface area contributed by atoms with Crippen LogP contribution in [0.25, 0.3) is 0 Å². The van der Waals surface area contributed by atoms with E-state index in [1.807, 2.05) is 6.07 Å². The Labute approximate surface area is 136 Å². The van der Waals surface area contributed by atoms with Crippen LogP contribution in [-0.4, -0.2) is 38.2 Å². The fourth-order valence-corrected chi connectivity index (χ4v) is 4.34. The lowest BCUT2D eigenvalue weighted by Gasteiger charge is -2.39. The maximum Gasteiger partial charge on any atom is 0.119 e. The highest BCUT2D eigenvalue weighted by Gasteiger charge is 2.33. The van der Waals surface area contributed by atoms with Crippen LogP contribution in [0.3, 0.4) is 0 Å². The van der Waals surface area contributed by atoms with E-state index in [1.165, 1.54) is 35.7 Å². The van der Waals surface area contributed by atoms with E-state index in [4.69, 9.17) is 4.74 Å². The Morgan fingerprint density at radius 3 is 2.62 bits per heavy atom. The van der Waals surface area contributed by atoms with E-state index in [0.717, 1.165) is 37.8 Å². The molecule has 2 fully saturated rings. The predicted octanol–water partition coefficient (Wildman–Crippen LogP) is 3.59. The minimum Gasteiger partial charge on any atom is -0.497 e. The summed E-state index contributed by atoms with van der Waals surface area (Å²) in [4.78, 5) is 2.67. The predicted molar refractivity (Wildman–Crippen MR) is 89.8 cm³/mol. The molecule has 1 saturated heterocycles. The summed E-state index contributed by atoms with van der Waals surface area (Å²) in [6, 6.07) is 6.93. The smallest absolute Gasteiger partial charge is 0.119 e. The summed E-state index contributed by atoms with van der Waals surface area (Å²) in [5, 5.41) is 3.47. The third-order valence-corrected chi connectivity index (χ3v) is 5.64. The first kappa shape index (κ1) is 15.3. The first-order valence-electron chi connectivity index (χ1n) is 8.08. The topological polar surface area (TPSA) is 24.5 Å². The van der Waals surface area contributed by atoms with E-state index >= 15 is 0 Å². The van der Waals surface area contributed by atoms with Crippen molar-refractivity contribution in [3.63, 3.8) is 0 Å². The summed E-state index contributed by atoms with van der Waals surface area (Å²) in [5.74, 6) is 1.75.